The molecule has 0 saturated carbocycles. The van der Waals surface area contributed by atoms with Crippen molar-refractivity contribution in [2.24, 2.45) is 0 Å². The summed E-state index contributed by atoms with van der Waals surface area (Å²) in [6.45, 7) is 0.686. The number of alkyl halides is 1. The summed E-state index contributed by atoms with van der Waals surface area (Å²) in [7, 11) is 0. The van der Waals surface area contributed by atoms with Gasteiger partial charge in [-0.3, -0.25) is 4.79 Å². The summed E-state index contributed by atoms with van der Waals surface area (Å²) in [5.41, 5.74) is 0.826. The number of thioether (sulfide) groups is 1. The van der Waals surface area contributed by atoms with E-state index in [4.69, 9.17) is 4.74 Å². The summed E-state index contributed by atoms with van der Waals surface area (Å²) >= 11 is 5.10. The minimum atomic E-state index is 0.236. The molecule has 1 aliphatic heterocycles. The van der Waals surface area contributed by atoms with E-state index >= 15 is 0 Å². The number of benzene rings is 1. The number of hydrogen-bond acceptors (Lipinski definition) is 3. The molecule has 16 heavy (non-hydrogen) atoms. The molecule has 0 amide bonds. The standard InChI is InChI=1S/C12H13BrO2S/c13-5-1-6-15-9-2-3-12-10(8-9)11(14)4-7-16-12/h2-3,8H,1,4-7H2. The van der Waals surface area contributed by atoms with Gasteiger partial charge >= 0.3 is 0 Å². The van der Waals surface area contributed by atoms with Crippen LogP contribution in [-0.2, 0) is 0 Å². The third kappa shape index (κ3) is 2.80. The van der Waals surface area contributed by atoms with Crippen molar-refractivity contribution in [3.05, 3.63) is 23.8 Å². The van der Waals surface area contributed by atoms with E-state index in [-0.39, 0.29) is 5.78 Å². The summed E-state index contributed by atoms with van der Waals surface area (Å²) in [6.07, 6.45) is 1.61. The molecule has 4 heteroatoms. The van der Waals surface area contributed by atoms with Crippen LogP contribution in [0.1, 0.15) is 23.2 Å². The Morgan fingerprint density at radius 1 is 1.44 bits per heavy atom. The van der Waals surface area contributed by atoms with E-state index in [9.17, 15) is 4.79 Å². The molecule has 0 unspecified atom stereocenters. The van der Waals surface area contributed by atoms with E-state index in [1.54, 1.807) is 11.8 Å². The fourth-order valence-electron chi connectivity index (χ4n) is 1.58. The molecule has 0 aliphatic carbocycles. The largest absolute Gasteiger partial charge is 0.494 e. The summed E-state index contributed by atoms with van der Waals surface area (Å²) in [5, 5.41) is 0.937. The molecule has 0 bridgehead atoms. The topological polar surface area (TPSA) is 26.3 Å². The highest BCUT2D eigenvalue weighted by molar-refractivity contribution is 9.09. The van der Waals surface area contributed by atoms with Crippen molar-refractivity contribution < 1.29 is 9.53 Å². The molecular weight excluding hydrogens is 288 g/mol. The lowest BCUT2D eigenvalue weighted by molar-refractivity contribution is 0.0984. The second kappa shape index (κ2) is 5.73. The third-order valence-corrected chi connectivity index (χ3v) is 4.02. The minimum absolute atomic E-state index is 0.236. The van der Waals surface area contributed by atoms with Crippen LogP contribution in [0.4, 0.5) is 0 Å². The number of rotatable bonds is 4. The predicted molar refractivity (Wildman–Crippen MR) is 70.0 cm³/mol. The molecule has 1 aliphatic rings. The number of fused-ring (bicyclic) bond motifs is 1. The van der Waals surface area contributed by atoms with Crippen molar-refractivity contribution in [2.75, 3.05) is 17.7 Å². The first-order chi connectivity index (χ1) is 7.81. The van der Waals surface area contributed by atoms with Gasteiger partial charge in [0.25, 0.3) is 0 Å². The van der Waals surface area contributed by atoms with Crippen LogP contribution in [0.2, 0.25) is 0 Å². The van der Waals surface area contributed by atoms with Gasteiger partial charge in [-0.2, -0.15) is 0 Å². The second-order valence-electron chi connectivity index (χ2n) is 3.57. The third-order valence-electron chi connectivity index (χ3n) is 2.38. The van der Waals surface area contributed by atoms with Gasteiger partial charge in [-0.25, -0.2) is 0 Å². The molecular formula is C12H13BrO2S. The fraction of sp³-hybridized carbons (Fsp3) is 0.417. The zero-order valence-electron chi connectivity index (χ0n) is 8.87. The van der Waals surface area contributed by atoms with Gasteiger partial charge in [-0.05, 0) is 24.6 Å². The van der Waals surface area contributed by atoms with Crippen LogP contribution in [0.15, 0.2) is 23.1 Å². The summed E-state index contributed by atoms with van der Waals surface area (Å²) < 4.78 is 5.57. The van der Waals surface area contributed by atoms with Crippen molar-refractivity contribution in [2.45, 2.75) is 17.7 Å². The lowest BCUT2D eigenvalue weighted by Crippen LogP contribution is -2.08. The molecule has 0 N–H and O–H groups in total. The molecule has 2 rings (SSSR count). The van der Waals surface area contributed by atoms with E-state index in [2.05, 4.69) is 15.9 Å². The number of carbonyl (C=O) groups is 1. The van der Waals surface area contributed by atoms with E-state index < -0.39 is 0 Å². The van der Waals surface area contributed by atoms with Gasteiger partial charge in [0.1, 0.15) is 5.75 Å². The zero-order valence-corrected chi connectivity index (χ0v) is 11.3. The number of halogens is 1. The minimum Gasteiger partial charge on any atom is -0.494 e. The van der Waals surface area contributed by atoms with Crippen molar-refractivity contribution >= 4 is 33.5 Å². The quantitative estimate of drug-likeness (QED) is 0.628. The maximum absolute atomic E-state index is 11.7. The maximum Gasteiger partial charge on any atom is 0.164 e. The Bertz CT molecular complexity index is 393. The molecule has 0 saturated heterocycles. The molecule has 0 radical (unpaired) electrons. The SMILES string of the molecule is O=C1CCSc2ccc(OCCCBr)cc21. The molecule has 1 heterocycles. The van der Waals surface area contributed by atoms with Gasteiger partial charge in [0, 0.05) is 28.0 Å². The van der Waals surface area contributed by atoms with Gasteiger partial charge in [0.2, 0.25) is 0 Å². The fourth-order valence-corrected chi connectivity index (χ4v) is 2.80. The first-order valence-corrected chi connectivity index (χ1v) is 7.41. The number of Topliss-reactive ketones (excluding diaryl/α,β-unsaturated/α-hetero) is 1. The van der Waals surface area contributed by atoms with Crippen LogP contribution in [-0.4, -0.2) is 23.5 Å². The summed E-state index contributed by atoms with van der Waals surface area (Å²) in [5.74, 6) is 1.94. The summed E-state index contributed by atoms with van der Waals surface area (Å²) in [4.78, 5) is 12.8. The average Bonchev–Trinajstić information content (AvgIpc) is 2.30. The van der Waals surface area contributed by atoms with E-state index in [0.29, 0.717) is 13.0 Å². The zero-order chi connectivity index (χ0) is 11.4. The molecule has 0 aromatic heterocycles. The highest BCUT2D eigenvalue weighted by atomic mass is 79.9. The first kappa shape index (κ1) is 12.0. The van der Waals surface area contributed by atoms with E-state index in [0.717, 1.165) is 33.7 Å². The van der Waals surface area contributed by atoms with Gasteiger partial charge in [-0.15, -0.1) is 11.8 Å². The maximum atomic E-state index is 11.7. The molecule has 0 spiro atoms. The van der Waals surface area contributed by atoms with Crippen molar-refractivity contribution in [1.82, 2.24) is 0 Å². The number of carbonyl (C=O) groups excluding carboxylic acids is 1. The van der Waals surface area contributed by atoms with Crippen molar-refractivity contribution in [1.29, 1.82) is 0 Å². The first-order valence-electron chi connectivity index (χ1n) is 5.30. The number of hydrogen-bond donors (Lipinski definition) is 0. The van der Waals surface area contributed by atoms with Crippen LogP contribution < -0.4 is 4.74 Å². The lowest BCUT2D eigenvalue weighted by atomic mass is 10.1. The highest BCUT2D eigenvalue weighted by Crippen LogP contribution is 2.32. The van der Waals surface area contributed by atoms with Gasteiger partial charge < -0.3 is 4.74 Å². The van der Waals surface area contributed by atoms with Crippen LogP contribution in [0.3, 0.4) is 0 Å². The molecule has 1 aromatic rings. The Labute approximate surface area is 108 Å². The molecule has 0 fully saturated rings. The average molecular weight is 301 g/mol. The highest BCUT2D eigenvalue weighted by Gasteiger charge is 2.17. The number of ether oxygens (including phenoxy) is 1. The van der Waals surface area contributed by atoms with Crippen molar-refractivity contribution in [3.8, 4) is 5.75 Å². The Balaban J connectivity index is 2.11. The normalized spacial score (nSPS) is 14.7. The van der Waals surface area contributed by atoms with Crippen LogP contribution in [0.25, 0.3) is 0 Å². The van der Waals surface area contributed by atoms with Gasteiger partial charge in [-0.1, -0.05) is 15.9 Å². The second-order valence-corrected chi connectivity index (χ2v) is 5.50. The van der Waals surface area contributed by atoms with Crippen LogP contribution in [0.5, 0.6) is 5.75 Å². The smallest absolute Gasteiger partial charge is 0.164 e. The Morgan fingerprint density at radius 3 is 3.12 bits per heavy atom. The Morgan fingerprint density at radius 2 is 2.31 bits per heavy atom. The lowest BCUT2D eigenvalue weighted by Gasteiger charge is -2.15. The van der Waals surface area contributed by atoms with E-state index in [1.165, 1.54) is 0 Å². The number of ketones is 1. The van der Waals surface area contributed by atoms with Gasteiger partial charge in [0.05, 0.1) is 6.61 Å². The molecule has 86 valence electrons. The van der Waals surface area contributed by atoms with E-state index in [1.807, 2.05) is 18.2 Å². The summed E-state index contributed by atoms with van der Waals surface area (Å²) in [6, 6.07) is 5.80. The Hall–Kier alpha value is -0.480. The van der Waals surface area contributed by atoms with Crippen LogP contribution >= 0.6 is 27.7 Å². The molecule has 0 atom stereocenters. The molecule has 1 aromatic carbocycles. The van der Waals surface area contributed by atoms with Crippen LogP contribution in [0, 0.1) is 0 Å². The monoisotopic (exact) mass is 300 g/mol. The van der Waals surface area contributed by atoms with Gasteiger partial charge in [0.15, 0.2) is 5.78 Å². The molecule has 2 nitrogen and oxygen atoms in total. The Kier molecular flexibility index (Phi) is 4.29. The predicted octanol–water partition coefficient (Wildman–Crippen LogP) is 3.53. The van der Waals surface area contributed by atoms with Crippen molar-refractivity contribution in [3.63, 3.8) is 0 Å².